The molecular formula is C9H9BrCl2N2. The topological polar surface area (TPSA) is 38.9 Å². The molecule has 5 heteroatoms. The third kappa shape index (κ3) is 2.29. The van der Waals surface area contributed by atoms with E-state index >= 15 is 0 Å². The molecule has 0 amide bonds. The molecule has 0 aliphatic rings. The molecule has 1 aromatic carbocycles. The molecule has 0 spiro atoms. The number of anilines is 1. The number of halogens is 3. The molecule has 0 atom stereocenters. The quantitative estimate of drug-likeness (QED) is 0.756. The predicted octanol–water partition coefficient (Wildman–Crippen LogP) is 3.42. The van der Waals surface area contributed by atoms with Gasteiger partial charge in [-0.15, -0.1) is 24.8 Å². The molecule has 76 valence electrons. The molecule has 0 radical (unpaired) electrons. The van der Waals surface area contributed by atoms with E-state index in [1.807, 2.05) is 24.3 Å². The van der Waals surface area contributed by atoms with Crippen LogP contribution in [0.15, 0.2) is 34.9 Å². The van der Waals surface area contributed by atoms with Crippen LogP contribution >= 0.6 is 40.7 Å². The van der Waals surface area contributed by atoms with Crippen LogP contribution in [0.2, 0.25) is 0 Å². The number of nitrogens with two attached hydrogens (primary N) is 1. The van der Waals surface area contributed by atoms with E-state index in [0.29, 0.717) is 5.69 Å². The molecule has 0 fully saturated rings. The molecule has 0 bridgehead atoms. The van der Waals surface area contributed by atoms with E-state index in [2.05, 4.69) is 20.9 Å². The Balaban J connectivity index is 0.000000845. The number of pyridine rings is 1. The number of hydrogen-bond acceptors (Lipinski definition) is 2. The standard InChI is InChI=1S/C9H7BrN2.2ClH/c10-7-3-4-8(11)9-6(7)2-1-5-12-9;;/h1-5H,11H2;2*1H. The number of benzene rings is 1. The van der Waals surface area contributed by atoms with Crippen molar-refractivity contribution in [1.29, 1.82) is 0 Å². The van der Waals surface area contributed by atoms with E-state index in [-0.39, 0.29) is 24.8 Å². The zero-order valence-electron chi connectivity index (χ0n) is 7.11. The second-order valence-electron chi connectivity index (χ2n) is 2.54. The molecule has 2 N–H and O–H groups in total. The molecule has 2 rings (SSSR count). The van der Waals surface area contributed by atoms with Crippen LogP contribution in [0, 0.1) is 0 Å². The third-order valence-corrected chi connectivity index (χ3v) is 2.44. The van der Waals surface area contributed by atoms with Gasteiger partial charge in [0.25, 0.3) is 0 Å². The van der Waals surface area contributed by atoms with Gasteiger partial charge in [-0.3, -0.25) is 4.98 Å². The third-order valence-electron chi connectivity index (χ3n) is 1.75. The van der Waals surface area contributed by atoms with Crippen molar-refractivity contribution >= 4 is 57.3 Å². The Morgan fingerprint density at radius 2 is 1.86 bits per heavy atom. The highest BCUT2D eigenvalue weighted by atomic mass is 79.9. The largest absolute Gasteiger partial charge is 0.397 e. The predicted molar refractivity (Wildman–Crippen MR) is 68.4 cm³/mol. The zero-order chi connectivity index (χ0) is 8.55. The first-order chi connectivity index (χ1) is 5.79. The van der Waals surface area contributed by atoms with Crippen LogP contribution in [-0.4, -0.2) is 4.98 Å². The van der Waals surface area contributed by atoms with Crippen LogP contribution in [-0.2, 0) is 0 Å². The van der Waals surface area contributed by atoms with E-state index in [9.17, 15) is 0 Å². The van der Waals surface area contributed by atoms with Crippen molar-refractivity contribution in [3.63, 3.8) is 0 Å². The molecule has 0 aliphatic heterocycles. The van der Waals surface area contributed by atoms with Crippen molar-refractivity contribution in [3.05, 3.63) is 34.9 Å². The van der Waals surface area contributed by atoms with Crippen LogP contribution < -0.4 is 5.73 Å². The minimum Gasteiger partial charge on any atom is -0.397 e. The van der Waals surface area contributed by atoms with Gasteiger partial charge in [0.15, 0.2) is 0 Å². The van der Waals surface area contributed by atoms with Gasteiger partial charge in [0.1, 0.15) is 0 Å². The van der Waals surface area contributed by atoms with Crippen molar-refractivity contribution in [1.82, 2.24) is 4.98 Å². The Hall–Kier alpha value is -0.510. The molecule has 2 aromatic rings. The Labute approximate surface area is 103 Å². The van der Waals surface area contributed by atoms with Crippen LogP contribution in [0.4, 0.5) is 5.69 Å². The maximum Gasteiger partial charge on any atom is 0.0942 e. The molecule has 1 aromatic heterocycles. The van der Waals surface area contributed by atoms with Gasteiger partial charge in [0.05, 0.1) is 11.2 Å². The molecular weight excluding hydrogens is 287 g/mol. The van der Waals surface area contributed by atoms with Crippen LogP contribution in [0.25, 0.3) is 10.9 Å². The maximum absolute atomic E-state index is 5.74. The molecule has 14 heavy (non-hydrogen) atoms. The highest BCUT2D eigenvalue weighted by Crippen LogP contribution is 2.25. The molecule has 1 heterocycles. The normalized spacial score (nSPS) is 8.93. The van der Waals surface area contributed by atoms with Crippen molar-refractivity contribution in [2.45, 2.75) is 0 Å². The average Bonchev–Trinajstić information content (AvgIpc) is 2.12. The van der Waals surface area contributed by atoms with Gasteiger partial charge in [-0.25, -0.2) is 0 Å². The fourth-order valence-electron chi connectivity index (χ4n) is 1.16. The second kappa shape index (κ2) is 5.39. The number of fused-ring (bicyclic) bond motifs is 1. The summed E-state index contributed by atoms with van der Waals surface area (Å²) in [5.74, 6) is 0. The van der Waals surface area contributed by atoms with Gasteiger partial charge in [-0.2, -0.15) is 0 Å². The van der Waals surface area contributed by atoms with E-state index < -0.39 is 0 Å². The minimum absolute atomic E-state index is 0. The van der Waals surface area contributed by atoms with E-state index in [1.54, 1.807) is 6.20 Å². The first-order valence-corrected chi connectivity index (χ1v) is 4.37. The fourth-order valence-corrected chi connectivity index (χ4v) is 1.61. The van der Waals surface area contributed by atoms with E-state index in [4.69, 9.17) is 5.73 Å². The van der Waals surface area contributed by atoms with E-state index in [1.165, 1.54) is 0 Å². The van der Waals surface area contributed by atoms with Crippen molar-refractivity contribution in [2.75, 3.05) is 5.73 Å². The lowest BCUT2D eigenvalue weighted by Gasteiger charge is -2.01. The lowest BCUT2D eigenvalue weighted by atomic mass is 10.2. The summed E-state index contributed by atoms with van der Waals surface area (Å²) in [5, 5.41) is 1.05. The fraction of sp³-hybridized carbons (Fsp3) is 0. The zero-order valence-corrected chi connectivity index (χ0v) is 10.3. The van der Waals surface area contributed by atoms with Gasteiger partial charge >= 0.3 is 0 Å². The smallest absolute Gasteiger partial charge is 0.0942 e. The van der Waals surface area contributed by atoms with Gasteiger partial charge in [-0.05, 0) is 18.2 Å². The summed E-state index contributed by atoms with van der Waals surface area (Å²) in [7, 11) is 0. The number of rotatable bonds is 0. The average molecular weight is 296 g/mol. The Morgan fingerprint density at radius 1 is 1.14 bits per heavy atom. The van der Waals surface area contributed by atoms with Crippen molar-refractivity contribution < 1.29 is 0 Å². The van der Waals surface area contributed by atoms with Crippen LogP contribution in [0.5, 0.6) is 0 Å². The first kappa shape index (κ1) is 13.5. The summed E-state index contributed by atoms with van der Waals surface area (Å²) in [5.41, 5.74) is 7.31. The van der Waals surface area contributed by atoms with Crippen LogP contribution in [0.3, 0.4) is 0 Å². The Morgan fingerprint density at radius 3 is 2.50 bits per heavy atom. The number of nitrogen functional groups attached to an aromatic ring is 1. The van der Waals surface area contributed by atoms with Crippen molar-refractivity contribution in [2.24, 2.45) is 0 Å². The van der Waals surface area contributed by atoms with Gasteiger partial charge < -0.3 is 5.73 Å². The number of nitrogens with zero attached hydrogens (tertiary/aromatic N) is 1. The summed E-state index contributed by atoms with van der Waals surface area (Å²) >= 11 is 3.44. The monoisotopic (exact) mass is 294 g/mol. The summed E-state index contributed by atoms with van der Waals surface area (Å²) in [4.78, 5) is 4.19. The lowest BCUT2D eigenvalue weighted by Crippen LogP contribution is -1.88. The second-order valence-corrected chi connectivity index (χ2v) is 3.39. The van der Waals surface area contributed by atoms with Gasteiger partial charge in [0, 0.05) is 16.1 Å². The SMILES string of the molecule is Cl.Cl.Nc1ccc(Br)c2cccnc12. The number of hydrogen-bond donors (Lipinski definition) is 1. The van der Waals surface area contributed by atoms with Gasteiger partial charge in [-0.1, -0.05) is 22.0 Å². The van der Waals surface area contributed by atoms with Gasteiger partial charge in [0.2, 0.25) is 0 Å². The molecule has 2 nitrogen and oxygen atoms in total. The molecule has 0 saturated heterocycles. The summed E-state index contributed by atoms with van der Waals surface area (Å²) in [6.07, 6.45) is 1.74. The minimum atomic E-state index is 0. The molecule has 0 unspecified atom stereocenters. The Kier molecular flexibility index (Phi) is 5.19. The molecule has 0 saturated carbocycles. The van der Waals surface area contributed by atoms with Crippen LogP contribution in [0.1, 0.15) is 0 Å². The summed E-state index contributed by atoms with van der Waals surface area (Å²) in [6, 6.07) is 7.66. The summed E-state index contributed by atoms with van der Waals surface area (Å²) < 4.78 is 1.03. The van der Waals surface area contributed by atoms with E-state index in [0.717, 1.165) is 15.4 Å². The molecule has 0 aliphatic carbocycles. The first-order valence-electron chi connectivity index (χ1n) is 3.58. The number of aromatic nitrogens is 1. The lowest BCUT2D eigenvalue weighted by molar-refractivity contribution is 1.41. The highest BCUT2D eigenvalue weighted by molar-refractivity contribution is 9.10. The Bertz CT molecular complexity index is 394. The maximum atomic E-state index is 5.74. The summed E-state index contributed by atoms with van der Waals surface area (Å²) in [6.45, 7) is 0. The highest BCUT2D eigenvalue weighted by Gasteiger charge is 2.00. The van der Waals surface area contributed by atoms with Crippen molar-refractivity contribution in [3.8, 4) is 0 Å².